The van der Waals surface area contributed by atoms with E-state index >= 15 is 0 Å². The summed E-state index contributed by atoms with van der Waals surface area (Å²) in [5.74, 6) is 0. The zero-order valence-electron chi connectivity index (χ0n) is 4.75. The number of hydrogen-bond acceptors (Lipinski definition) is 2. The molecule has 0 spiro atoms. The largest absolute Gasteiger partial charge is 0.236 e. The van der Waals surface area contributed by atoms with E-state index < -0.39 is 9.05 Å². The fraction of sp³-hybridized carbons (Fsp3) is 0.600. The monoisotopic (exact) mass is 166 g/mol. The molecule has 0 aromatic carbocycles. The fourth-order valence-corrected chi connectivity index (χ4v) is 1.94. The van der Waals surface area contributed by atoms with Crippen LogP contribution < -0.4 is 0 Å². The molecule has 0 aromatic heterocycles. The smallest absolute Gasteiger partial charge is 0.212 e. The van der Waals surface area contributed by atoms with Crippen LogP contribution in [0.3, 0.4) is 0 Å². The molecule has 52 valence electrons. The minimum atomic E-state index is -3.29. The lowest BCUT2D eigenvalue weighted by Crippen LogP contribution is -2.10. The Morgan fingerprint density at radius 3 is 2.00 bits per heavy atom. The molecule has 0 saturated heterocycles. The number of halogens is 1. The summed E-state index contributed by atoms with van der Waals surface area (Å²) in [6.07, 6.45) is 4.83. The lowest BCUT2D eigenvalue weighted by Gasteiger charge is -2.00. The van der Waals surface area contributed by atoms with Gasteiger partial charge in [-0.1, -0.05) is 12.2 Å². The highest BCUT2D eigenvalue weighted by Crippen LogP contribution is 2.20. The highest BCUT2D eigenvalue weighted by Gasteiger charge is 2.22. The predicted octanol–water partition coefficient (Wildman–Crippen LogP) is 1.27. The lowest BCUT2D eigenvalue weighted by atomic mass is 10.4. The van der Waals surface area contributed by atoms with Gasteiger partial charge in [-0.3, -0.25) is 0 Å². The molecule has 0 unspecified atom stereocenters. The van der Waals surface area contributed by atoms with Crippen LogP contribution in [-0.2, 0) is 9.05 Å². The summed E-state index contributed by atoms with van der Waals surface area (Å²) in [5.41, 5.74) is 0. The van der Waals surface area contributed by atoms with E-state index in [1.54, 1.807) is 0 Å². The van der Waals surface area contributed by atoms with Gasteiger partial charge in [0.1, 0.15) is 0 Å². The molecule has 0 aliphatic heterocycles. The van der Waals surface area contributed by atoms with E-state index in [0.29, 0.717) is 12.8 Å². The molecular weight excluding hydrogens is 160 g/mol. The Morgan fingerprint density at radius 1 is 1.33 bits per heavy atom. The maximum absolute atomic E-state index is 10.6. The maximum atomic E-state index is 10.6. The van der Waals surface area contributed by atoms with Gasteiger partial charge >= 0.3 is 0 Å². The summed E-state index contributed by atoms with van der Waals surface area (Å²) in [6.45, 7) is 0. The molecule has 1 rings (SSSR count). The van der Waals surface area contributed by atoms with E-state index in [4.69, 9.17) is 10.7 Å². The molecule has 0 aromatic rings. The van der Waals surface area contributed by atoms with Gasteiger partial charge in [0.15, 0.2) is 0 Å². The third-order valence-electron chi connectivity index (χ3n) is 1.36. The topological polar surface area (TPSA) is 34.1 Å². The number of rotatable bonds is 1. The molecule has 9 heavy (non-hydrogen) atoms. The SMILES string of the molecule is O=S(=O)(Cl)C1CC=CC1. The minimum Gasteiger partial charge on any atom is -0.212 e. The van der Waals surface area contributed by atoms with Crippen molar-refractivity contribution in [1.29, 1.82) is 0 Å². The second-order valence-corrected chi connectivity index (χ2v) is 4.95. The van der Waals surface area contributed by atoms with Crippen LogP contribution in [-0.4, -0.2) is 13.7 Å². The number of allylic oxidation sites excluding steroid dienone is 2. The molecule has 4 heteroatoms. The van der Waals surface area contributed by atoms with Crippen LogP contribution in [0, 0.1) is 0 Å². The van der Waals surface area contributed by atoms with Gasteiger partial charge < -0.3 is 0 Å². The molecule has 1 aliphatic rings. The van der Waals surface area contributed by atoms with Crippen LogP contribution in [0.5, 0.6) is 0 Å². The Hall–Kier alpha value is -0.0200. The Labute approximate surface area is 58.9 Å². The second-order valence-electron chi connectivity index (χ2n) is 2.04. The van der Waals surface area contributed by atoms with Crippen LogP contribution >= 0.6 is 10.7 Å². The van der Waals surface area contributed by atoms with E-state index in [1.165, 1.54) is 0 Å². The van der Waals surface area contributed by atoms with Gasteiger partial charge in [0.25, 0.3) is 0 Å². The molecule has 0 heterocycles. The maximum Gasteiger partial charge on any atom is 0.236 e. The average Bonchev–Trinajstić information content (AvgIpc) is 2.08. The van der Waals surface area contributed by atoms with Crippen molar-refractivity contribution < 1.29 is 8.42 Å². The van der Waals surface area contributed by atoms with Crippen molar-refractivity contribution in [3.8, 4) is 0 Å². The summed E-state index contributed by atoms with van der Waals surface area (Å²) in [7, 11) is 1.78. The van der Waals surface area contributed by atoms with Crippen molar-refractivity contribution in [2.75, 3.05) is 0 Å². The third-order valence-corrected chi connectivity index (χ3v) is 3.30. The number of hydrogen-bond donors (Lipinski definition) is 0. The normalized spacial score (nSPS) is 21.0. The van der Waals surface area contributed by atoms with Gasteiger partial charge in [-0.15, -0.1) is 0 Å². The minimum absolute atomic E-state index is 0.362. The van der Waals surface area contributed by atoms with Crippen molar-refractivity contribution in [2.24, 2.45) is 0 Å². The molecule has 0 amide bonds. The van der Waals surface area contributed by atoms with Crippen LogP contribution in [0.2, 0.25) is 0 Å². The Bertz CT molecular complexity index is 209. The molecule has 0 fully saturated rings. The highest BCUT2D eigenvalue weighted by atomic mass is 35.7. The van der Waals surface area contributed by atoms with Crippen molar-refractivity contribution in [1.82, 2.24) is 0 Å². The summed E-state index contributed by atoms with van der Waals surface area (Å²) in [5, 5.41) is -0.362. The Balaban J connectivity index is 2.68. The molecule has 0 saturated carbocycles. The first-order chi connectivity index (χ1) is 4.11. The van der Waals surface area contributed by atoms with Crippen molar-refractivity contribution >= 4 is 19.7 Å². The molecule has 1 aliphatic carbocycles. The first kappa shape index (κ1) is 7.09. The average molecular weight is 167 g/mol. The van der Waals surface area contributed by atoms with Crippen LogP contribution in [0.15, 0.2) is 12.2 Å². The van der Waals surface area contributed by atoms with Gasteiger partial charge in [-0.05, 0) is 12.8 Å². The van der Waals surface area contributed by atoms with Crippen molar-refractivity contribution in [3.05, 3.63) is 12.2 Å². The van der Waals surface area contributed by atoms with E-state index in [1.807, 2.05) is 12.2 Å². The predicted molar refractivity (Wildman–Crippen MR) is 36.9 cm³/mol. The summed E-state index contributed by atoms with van der Waals surface area (Å²) >= 11 is 0. The Kier molecular flexibility index (Phi) is 1.82. The Morgan fingerprint density at radius 2 is 1.78 bits per heavy atom. The van der Waals surface area contributed by atoms with E-state index in [0.717, 1.165) is 0 Å². The quantitative estimate of drug-likeness (QED) is 0.434. The molecule has 0 bridgehead atoms. The lowest BCUT2D eigenvalue weighted by molar-refractivity contribution is 0.596. The van der Waals surface area contributed by atoms with E-state index in [-0.39, 0.29) is 5.25 Å². The summed E-state index contributed by atoms with van der Waals surface area (Å²) in [4.78, 5) is 0. The molecule has 2 nitrogen and oxygen atoms in total. The third kappa shape index (κ3) is 1.69. The van der Waals surface area contributed by atoms with Crippen molar-refractivity contribution in [2.45, 2.75) is 18.1 Å². The van der Waals surface area contributed by atoms with Gasteiger partial charge in [0.05, 0.1) is 5.25 Å². The van der Waals surface area contributed by atoms with Crippen molar-refractivity contribution in [3.63, 3.8) is 0 Å². The molecule has 0 radical (unpaired) electrons. The van der Waals surface area contributed by atoms with Gasteiger partial charge in [-0.2, -0.15) is 0 Å². The highest BCUT2D eigenvalue weighted by molar-refractivity contribution is 8.14. The van der Waals surface area contributed by atoms with Gasteiger partial charge in [0, 0.05) is 10.7 Å². The first-order valence-corrected chi connectivity index (χ1v) is 5.06. The van der Waals surface area contributed by atoms with Crippen LogP contribution in [0.1, 0.15) is 12.8 Å². The molecule has 0 atom stereocenters. The first-order valence-electron chi connectivity index (χ1n) is 2.69. The molecular formula is C5H7ClO2S. The fourth-order valence-electron chi connectivity index (χ4n) is 0.822. The zero-order chi connectivity index (χ0) is 6.91. The second kappa shape index (κ2) is 2.31. The van der Waals surface area contributed by atoms with Gasteiger partial charge in [-0.25, -0.2) is 8.42 Å². The standard InChI is InChI=1S/C5H7ClO2S/c6-9(7,8)5-3-1-2-4-5/h1-2,5H,3-4H2. The summed E-state index contributed by atoms with van der Waals surface area (Å²) < 4.78 is 21.1. The zero-order valence-corrected chi connectivity index (χ0v) is 6.32. The van der Waals surface area contributed by atoms with E-state index in [9.17, 15) is 8.42 Å². The van der Waals surface area contributed by atoms with Crippen LogP contribution in [0.25, 0.3) is 0 Å². The van der Waals surface area contributed by atoms with E-state index in [2.05, 4.69) is 0 Å². The summed E-state index contributed by atoms with van der Waals surface area (Å²) in [6, 6.07) is 0. The molecule has 0 N–H and O–H groups in total. The van der Waals surface area contributed by atoms with Gasteiger partial charge in [0.2, 0.25) is 9.05 Å². The van der Waals surface area contributed by atoms with Crippen LogP contribution in [0.4, 0.5) is 0 Å².